The Morgan fingerprint density at radius 1 is 1.47 bits per heavy atom. The van der Waals surface area contributed by atoms with Crippen molar-refractivity contribution in [2.24, 2.45) is 5.73 Å². The lowest BCUT2D eigenvalue weighted by Crippen LogP contribution is -2.16. The molecule has 1 amide bonds. The largest absolute Gasteiger partial charge is 0.496 e. The van der Waals surface area contributed by atoms with Crippen molar-refractivity contribution in [2.45, 2.75) is 26.2 Å². The van der Waals surface area contributed by atoms with E-state index in [-0.39, 0.29) is 5.91 Å². The Morgan fingerprint density at radius 3 is 2.71 bits per heavy atom. The van der Waals surface area contributed by atoms with Crippen molar-refractivity contribution in [3.8, 4) is 5.75 Å². The highest BCUT2D eigenvalue weighted by Gasteiger charge is 2.09. The van der Waals surface area contributed by atoms with Crippen LogP contribution in [0.25, 0.3) is 0 Å². The minimum Gasteiger partial charge on any atom is -0.496 e. The molecule has 1 rings (SSSR count). The summed E-state index contributed by atoms with van der Waals surface area (Å²) in [4.78, 5) is 11.4. The van der Waals surface area contributed by atoms with Crippen LogP contribution in [0.5, 0.6) is 5.75 Å². The standard InChI is InChI=1S/C13H20N2O2/c1-9(2)11-8-10(4-5-12(11)17-3)15-13(16)6-7-14/h4-5,8-9H,6-7,14H2,1-3H3,(H,15,16). The van der Waals surface area contributed by atoms with Crippen LogP contribution in [-0.4, -0.2) is 19.6 Å². The van der Waals surface area contributed by atoms with E-state index in [4.69, 9.17) is 10.5 Å². The van der Waals surface area contributed by atoms with Crippen molar-refractivity contribution < 1.29 is 9.53 Å². The summed E-state index contributed by atoms with van der Waals surface area (Å²) in [6, 6.07) is 5.64. The third-order valence-electron chi connectivity index (χ3n) is 2.51. The fourth-order valence-corrected chi connectivity index (χ4v) is 1.62. The first-order chi connectivity index (χ1) is 8.08. The normalized spacial score (nSPS) is 10.4. The second-order valence-corrected chi connectivity index (χ2v) is 4.20. The predicted molar refractivity (Wildman–Crippen MR) is 69.4 cm³/mol. The van der Waals surface area contributed by atoms with Gasteiger partial charge in [0, 0.05) is 18.7 Å². The lowest BCUT2D eigenvalue weighted by Gasteiger charge is -2.14. The van der Waals surface area contributed by atoms with Gasteiger partial charge in [-0.3, -0.25) is 4.79 Å². The molecule has 0 aliphatic rings. The summed E-state index contributed by atoms with van der Waals surface area (Å²) in [5, 5.41) is 2.81. The fraction of sp³-hybridized carbons (Fsp3) is 0.462. The predicted octanol–water partition coefficient (Wildman–Crippen LogP) is 2.11. The summed E-state index contributed by atoms with van der Waals surface area (Å²) in [7, 11) is 1.65. The first kappa shape index (κ1) is 13.5. The van der Waals surface area contributed by atoms with Gasteiger partial charge in [0.2, 0.25) is 5.91 Å². The van der Waals surface area contributed by atoms with Crippen LogP contribution in [0.1, 0.15) is 31.7 Å². The van der Waals surface area contributed by atoms with Crippen molar-refractivity contribution in [2.75, 3.05) is 19.0 Å². The first-order valence-electron chi connectivity index (χ1n) is 5.76. The maximum absolute atomic E-state index is 11.4. The molecule has 0 aromatic heterocycles. The smallest absolute Gasteiger partial charge is 0.225 e. The van der Waals surface area contributed by atoms with E-state index >= 15 is 0 Å². The number of rotatable bonds is 5. The molecule has 0 spiro atoms. The van der Waals surface area contributed by atoms with Gasteiger partial charge >= 0.3 is 0 Å². The molecule has 0 radical (unpaired) electrons. The maximum atomic E-state index is 11.4. The van der Waals surface area contributed by atoms with Gasteiger partial charge in [0.05, 0.1) is 7.11 Å². The van der Waals surface area contributed by atoms with Crippen molar-refractivity contribution >= 4 is 11.6 Å². The van der Waals surface area contributed by atoms with Crippen LogP contribution < -0.4 is 15.8 Å². The SMILES string of the molecule is COc1ccc(NC(=O)CCN)cc1C(C)C. The average molecular weight is 236 g/mol. The molecule has 0 heterocycles. The quantitative estimate of drug-likeness (QED) is 0.823. The summed E-state index contributed by atoms with van der Waals surface area (Å²) < 4.78 is 5.28. The molecule has 0 fully saturated rings. The number of nitrogens with one attached hydrogen (secondary N) is 1. The van der Waals surface area contributed by atoms with Crippen LogP contribution in [0.4, 0.5) is 5.69 Å². The van der Waals surface area contributed by atoms with Crippen LogP contribution >= 0.6 is 0 Å². The number of hydrogen-bond donors (Lipinski definition) is 2. The van der Waals surface area contributed by atoms with Gasteiger partial charge in [0.15, 0.2) is 0 Å². The first-order valence-corrected chi connectivity index (χ1v) is 5.76. The Balaban J connectivity index is 2.88. The zero-order valence-corrected chi connectivity index (χ0v) is 10.6. The number of benzene rings is 1. The summed E-state index contributed by atoms with van der Waals surface area (Å²) in [5.41, 5.74) is 7.19. The molecule has 0 unspecified atom stereocenters. The van der Waals surface area contributed by atoms with E-state index in [0.717, 1.165) is 17.0 Å². The molecule has 1 aromatic rings. The Kier molecular flexibility index (Phi) is 4.97. The topological polar surface area (TPSA) is 64.3 Å². The van der Waals surface area contributed by atoms with Crippen LogP contribution in [-0.2, 0) is 4.79 Å². The van der Waals surface area contributed by atoms with Gasteiger partial charge in [-0.15, -0.1) is 0 Å². The second kappa shape index (κ2) is 6.25. The van der Waals surface area contributed by atoms with Gasteiger partial charge in [-0.05, 0) is 29.7 Å². The highest BCUT2D eigenvalue weighted by Crippen LogP contribution is 2.29. The lowest BCUT2D eigenvalue weighted by molar-refractivity contribution is -0.116. The van der Waals surface area contributed by atoms with Crippen molar-refractivity contribution in [3.63, 3.8) is 0 Å². The number of carbonyl (C=O) groups excluding carboxylic acids is 1. The molecule has 0 saturated carbocycles. The Morgan fingerprint density at radius 2 is 2.18 bits per heavy atom. The minimum absolute atomic E-state index is 0.0626. The highest BCUT2D eigenvalue weighted by atomic mass is 16.5. The zero-order valence-electron chi connectivity index (χ0n) is 10.6. The summed E-state index contributed by atoms with van der Waals surface area (Å²) in [6.07, 6.45) is 0.336. The van der Waals surface area contributed by atoms with Crippen molar-refractivity contribution in [1.29, 1.82) is 0 Å². The molecule has 0 bridgehead atoms. The van der Waals surface area contributed by atoms with E-state index in [9.17, 15) is 4.79 Å². The lowest BCUT2D eigenvalue weighted by atomic mass is 10.0. The number of ether oxygens (including phenoxy) is 1. The Bertz CT molecular complexity index is 389. The number of methoxy groups -OCH3 is 1. The average Bonchev–Trinajstić information content (AvgIpc) is 2.29. The summed E-state index contributed by atoms with van der Waals surface area (Å²) >= 11 is 0. The molecule has 94 valence electrons. The van der Waals surface area contributed by atoms with E-state index in [1.165, 1.54) is 0 Å². The van der Waals surface area contributed by atoms with E-state index in [0.29, 0.717) is 18.9 Å². The van der Waals surface area contributed by atoms with Crippen molar-refractivity contribution in [3.05, 3.63) is 23.8 Å². The van der Waals surface area contributed by atoms with Crippen LogP contribution in [0.2, 0.25) is 0 Å². The Labute approximate surface area is 102 Å². The van der Waals surface area contributed by atoms with E-state index < -0.39 is 0 Å². The minimum atomic E-state index is -0.0626. The molecule has 3 N–H and O–H groups in total. The molecular formula is C13H20N2O2. The van der Waals surface area contributed by atoms with Crippen molar-refractivity contribution in [1.82, 2.24) is 0 Å². The van der Waals surface area contributed by atoms with Gasteiger partial charge in [0.1, 0.15) is 5.75 Å². The number of anilines is 1. The van der Waals surface area contributed by atoms with E-state index in [1.807, 2.05) is 18.2 Å². The van der Waals surface area contributed by atoms with E-state index in [2.05, 4.69) is 19.2 Å². The third-order valence-corrected chi connectivity index (χ3v) is 2.51. The number of nitrogens with two attached hydrogens (primary N) is 1. The molecule has 0 aliphatic heterocycles. The highest BCUT2D eigenvalue weighted by molar-refractivity contribution is 5.91. The molecule has 0 atom stereocenters. The molecule has 4 nitrogen and oxygen atoms in total. The molecule has 0 aliphatic carbocycles. The monoisotopic (exact) mass is 236 g/mol. The van der Waals surface area contributed by atoms with Gasteiger partial charge in [-0.1, -0.05) is 13.8 Å². The van der Waals surface area contributed by atoms with Gasteiger partial charge < -0.3 is 15.8 Å². The van der Waals surface area contributed by atoms with Gasteiger partial charge in [0.25, 0.3) is 0 Å². The maximum Gasteiger partial charge on any atom is 0.225 e. The van der Waals surface area contributed by atoms with Gasteiger partial charge in [-0.25, -0.2) is 0 Å². The van der Waals surface area contributed by atoms with Crippen LogP contribution in [0, 0.1) is 0 Å². The van der Waals surface area contributed by atoms with E-state index in [1.54, 1.807) is 7.11 Å². The zero-order chi connectivity index (χ0) is 12.8. The second-order valence-electron chi connectivity index (χ2n) is 4.20. The molecule has 4 heteroatoms. The molecule has 0 saturated heterocycles. The molecule has 1 aromatic carbocycles. The summed E-state index contributed by atoms with van der Waals surface area (Å²) in [5.74, 6) is 1.13. The Hall–Kier alpha value is -1.55. The number of amides is 1. The third kappa shape index (κ3) is 3.75. The van der Waals surface area contributed by atoms with Crippen LogP contribution in [0.3, 0.4) is 0 Å². The number of hydrogen-bond acceptors (Lipinski definition) is 3. The fourth-order valence-electron chi connectivity index (χ4n) is 1.62. The van der Waals surface area contributed by atoms with Gasteiger partial charge in [-0.2, -0.15) is 0 Å². The summed E-state index contributed by atoms with van der Waals surface area (Å²) in [6.45, 7) is 4.53. The number of carbonyl (C=O) groups is 1. The molecule has 17 heavy (non-hydrogen) atoms. The van der Waals surface area contributed by atoms with Crippen LogP contribution in [0.15, 0.2) is 18.2 Å². The molecular weight excluding hydrogens is 216 g/mol.